The van der Waals surface area contributed by atoms with Crippen LogP contribution in [-0.2, 0) is 4.74 Å². The van der Waals surface area contributed by atoms with E-state index < -0.39 is 0 Å². The van der Waals surface area contributed by atoms with E-state index >= 15 is 0 Å². The van der Waals surface area contributed by atoms with Crippen molar-refractivity contribution in [2.45, 2.75) is 19.8 Å². The highest BCUT2D eigenvalue weighted by atomic mass is 35.5. The summed E-state index contributed by atoms with van der Waals surface area (Å²) in [5.74, 6) is 0.478. The molecule has 0 amide bonds. The van der Waals surface area contributed by atoms with Gasteiger partial charge < -0.3 is 15.2 Å². The largest absolute Gasteiger partial charge is 0.475 e. The van der Waals surface area contributed by atoms with Gasteiger partial charge in [0.2, 0.25) is 11.8 Å². The molecule has 0 fully saturated rings. The third kappa shape index (κ3) is 5.14. The van der Waals surface area contributed by atoms with Crippen LogP contribution in [0.15, 0.2) is 6.07 Å². The SMILES string of the molecule is CCCCOCCOc1cc(Cl)nc(N)n1. The quantitative estimate of drug-likeness (QED) is 0.587. The summed E-state index contributed by atoms with van der Waals surface area (Å²) in [4.78, 5) is 7.60. The first kappa shape index (κ1) is 13.0. The van der Waals surface area contributed by atoms with Gasteiger partial charge in [0.15, 0.2) is 0 Å². The van der Waals surface area contributed by atoms with Gasteiger partial charge in [0.1, 0.15) is 11.8 Å². The topological polar surface area (TPSA) is 70.3 Å². The Bertz CT molecular complexity index is 303. The Labute approximate surface area is 99.9 Å². The third-order valence-corrected chi connectivity index (χ3v) is 2.00. The van der Waals surface area contributed by atoms with E-state index in [4.69, 9.17) is 26.8 Å². The van der Waals surface area contributed by atoms with Gasteiger partial charge in [-0.1, -0.05) is 24.9 Å². The number of rotatable bonds is 7. The van der Waals surface area contributed by atoms with Crippen LogP contribution in [0, 0.1) is 0 Å². The van der Waals surface area contributed by atoms with E-state index in [0.29, 0.717) is 19.1 Å². The molecule has 6 heteroatoms. The summed E-state index contributed by atoms with van der Waals surface area (Å²) in [6, 6.07) is 1.52. The lowest BCUT2D eigenvalue weighted by molar-refractivity contribution is 0.0965. The van der Waals surface area contributed by atoms with E-state index in [-0.39, 0.29) is 11.1 Å². The summed E-state index contributed by atoms with van der Waals surface area (Å²) >= 11 is 5.69. The van der Waals surface area contributed by atoms with E-state index in [9.17, 15) is 0 Å². The van der Waals surface area contributed by atoms with Gasteiger partial charge >= 0.3 is 0 Å². The van der Waals surface area contributed by atoms with Crippen molar-refractivity contribution < 1.29 is 9.47 Å². The number of nitrogen functional groups attached to an aromatic ring is 1. The molecule has 1 heterocycles. The number of hydrogen-bond donors (Lipinski definition) is 1. The zero-order valence-electron chi connectivity index (χ0n) is 9.28. The maximum absolute atomic E-state index is 5.69. The second-order valence-electron chi connectivity index (χ2n) is 3.20. The van der Waals surface area contributed by atoms with E-state index in [1.807, 2.05) is 0 Å². The molecule has 1 aromatic rings. The van der Waals surface area contributed by atoms with Gasteiger partial charge in [0, 0.05) is 12.7 Å². The maximum atomic E-state index is 5.69. The summed E-state index contributed by atoms with van der Waals surface area (Å²) in [6.07, 6.45) is 2.19. The average Bonchev–Trinajstić information content (AvgIpc) is 2.22. The molecule has 0 bridgehead atoms. The lowest BCUT2D eigenvalue weighted by atomic mass is 10.4. The van der Waals surface area contributed by atoms with Crippen LogP contribution in [0.1, 0.15) is 19.8 Å². The minimum absolute atomic E-state index is 0.106. The molecule has 0 radical (unpaired) electrons. The fraction of sp³-hybridized carbons (Fsp3) is 0.600. The Balaban J connectivity index is 2.21. The monoisotopic (exact) mass is 245 g/mol. The number of nitrogens with two attached hydrogens (primary N) is 1. The second-order valence-corrected chi connectivity index (χ2v) is 3.59. The smallest absolute Gasteiger partial charge is 0.224 e. The molecule has 90 valence electrons. The van der Waals surface area contributed by atoms with Crippen LogP contribution in [0.4, 0.5) is 5.95 Å². The van der Waals surface area contributed by atoms with Crippen molar-refractivity contribution in [2.75, 3.05) is 25.6 Å². The van der Waals surface area contributed by atoms with Gasteiger partial charge in [0.05, 0.1) is 6.61 Å². The van der Waals surface area contributed by atoms with E-state index in [2.05, 4.69) is 16.9 Å². The number of hydrogen-bond acceptors (Lipinski definition) is 5. The molecule has 0 atom stereocenters. The Hall–Kier alpha value is -1.07. The van der Waals surface area contributed by atoms with Crippen LogP contribution < -0.4 is 10.5 Å². The average molecular weight is 246 g/mol. The van der Waals surface area contributed by atoms with Crippen molar-refractivity contribution in [3.05, 3.63) is 11.2 Å². The highest BCUT2D eigenvalue weighted by molar-refractivity contribution is 6.29. The van der Waals surface area contributed by atoms with Crippen molar-refractivity contribution in [1.29, 1.82) is 0 Å². The molecule has 0 saturated carbocycles. The lowest BCUT2D eigenvalue weighted by Gasteiger charge is -2.06. The fourth-order valence-corrected chi connectivity index (χ4v) is 1.22. The van der Waals surface area contributed by atoms with Crippen molar-refractivity contribution in [2.24, 2.45) is 0 Å². The first-order valence-electron chi connectivity index (χ1n) is 5.23. The first-order chi connectivity index (χ1) is 7.72. The molecule has 1 rings (SSSR count). The molecular formula is C10H16ClN3O2. The predicted molar refractivity (Wildman–Crippen MR) is 62.7 cm³/mol. The van der Waals surface area contributed by atoms with Crippen LogP contribution in [0.3, 0.4) is 0 Å². The van der Waals surface area contributed by atoms with Gasteiger partial charge in [0.25, 0.3) is 0 Å². The summed E-state index contributed by atoms with van der Waals surface area (Å²) in [7, 11) is 0. The van der Waals surface area contributed by atoms with Crippen molar-refractivity contribution >= 4 is 17.5 Å². The van der Waals surface area contributed by atoms with Gasteiger partial charge in [-0.15, -0.1) is 0 Å². The molecule has 0 aromatic carbocycles. The molecule has 0 saturated heterocycles. The van der Waals surface area contributed by atoms with Crippen LogP contribution in [0.25, 0.3) is 0 Å². The Morgan fingerprint density at radius 3 is 2.81 bits per heavy atom. The molecule has 0 aliphatic rings. The number of ether oxygens (including phenoxy) is 2. The summed E-state index contributed by atoms with van der Waals surface area (Å²) in [5, 5.41) is 0.273. The highest BCUT2D eigenvalue weighted by Gasteiger charge is 2.01. The second kappa shape index (κ2) is 7.24. The molecule has 16 heavy (non-hydrogen) atoms. The van der Waals surface area contributed by atoms with Crippen LogP contribution in [0.2, 0.25) is 5.15 Å². The standard InChI is InChI=1S/C10H16ClN3O2/c1-2-3-4-15-5-6-16-9-7-8(11)13-10(12)14-9/h7H,2-6H2,1H3,(H2,12,13,14). The van der Waals surface area contributed by atoms with Crippen molar-refractivity contribution in [3.8, 4) is 5.88 Å². The highest BCUT2D eigenvalue weighted by Crippen LogP contribution is 2.14. The minimum Gasteiger partial charge on any atom is -0.475 e. The Kier molecular flexibility index (Phi) is 5.88. The molecule has 0 aliphatic carbocycles. The molecule has 0 unspecified atom stereocenters. The number of anilines is 1. The van der Waals surface area contributed by atoms with E-state index in [0.717, 1.165) is 19.4 Å². The van der Waals surface area contributed by atoms with Crippen LogP contribution in [0.5, 0.6) is 5.88 Å². The van der Waals surface area contributed by atoms with Crippen molar-refractivity contribution in [1.82, 2.24) is 9.97 Å². The number of aromatic nitrogens is 2. The Morgan fingerprint density at radius 2 is 2.12 bits per heavy atom. The molecular weight excluding hydrogens is 230 g/mol. The summed E-state index contributed by atoms with van der Waals surface area (Å²) in [5.41, 5.74) is 5.41. The van der Waals surface area contributed by atoms with E-state index in [1.54, 1.807) is 0 Å². The lowest BCUT2D eigenvalue weighted by Crippen LogP contribution is -2.09. The molecule has 2 N–H and O–H groups in total. The number of nitrogens with zero attached hydrogens (tertiary/aromatic N) is 2. The molecule has 5 nitrogen and oxygen atoms in total. The van der Waals surface area contributed by atoms with E-state index in [1.165, 1.54) is 6.07 Å². The Morgan fingerprint density at radius 1 is 1.31 bits per heavy atom. The molecule has 0 spiro atoms. The molecule has 0 aliphatic heterocycles. The zero-order chi connectivity index (χ0) is 11.8. The summed E-state index contributed by atoms with van der Waals surface area (Å²) < 4.78 is 10.6. The number of unbranched alkanes of at least 4 members (excludes halogenated alkanes) is 1. The van der Waals surface area contributed by atoms with Gasteiger partial charge in [-0.25, -0.2) is 4.98 Å². The zero-order valence-corrected chi connectivity index (χ0v) is 10.0. The number of halogens is 1. The van der Waals surface area contributed by atoms with Crippen molar-refractivity contribution in [3.63, 3.8) is 0 Å². The maximum Gasteiger partial charge on any atom is 0.224 e. The third-order valence-electron chi connectivity index (χ3n) is 1.81. The predicted octanol–water partition coefficient (Wildman–Crippen LogP) is 1.91. The van der Waals surface area contributed by atoms with Gasteiger partial charge in [-0.3, -0.25) is 0 Å². The van der Waals surface area contributed by atoms with Crippen LogP contribution in [-0.4, -0.2) is 29.8 Å². The van der Waals surface area contributed by atoms with Crippen LogP contribution >= 0.6 is 11.6 Å². The fourth-order valence-electron chi connectivity index (χ4n) is 1.04. The normalized spacial score (nSPS) is 10.4. The van der Waals surface area contributed by atoms with Gasteiger partial charge in [-0.05, 0) is 6.42 Å². The summed E-state index contributed by atoms with van der Waals surface area (Å²) in [6.45, 7) is 3.83. The van der Waals surface area contributed by atoms with Gasteiger partial charge in [-0.2, -0.15) is 4.98 Å². The minimum atomic E-state index is 0.106. The first-order valence-corrected chi connectivity index (χ1v) is 5.60. The molecule has 1 aromatic heterocycles.